The van der Waals surface area contributed by atoms with Gasteiger partial charge < -0.3 is 15.4 Å². The lowest BCUT2D eigenvalue weighted by Gasteiger charge is -2.32. The summed E-state index contributed by atoms with van der Waals surface area (Å²) in [5.41, 5.74) is 4.55. The van der Waals surface area contributed by atoms with E-state index in [4.69, 9.17) is 5.73 Å². The molecule has 0 radical (unpaired) electrons. The van der Waals surface area contributed by atoms with Gasteiger partial charge in [0.25, 0.3) is 0 Å². The minimum Gasteiger partial charge on any atom is -0.462 e. The van der Waals surface area contributed by atoms with Crippen LogP contribution in [0.5, 0.6) is 0 Å². The average Bonchev–Trinajstić information content (AvgIpc) is 2.45. The number of hydrogen-bond donors (Lipinski definition) is 1. The Morgan fingerprint density at radius 2 is 1.95 bits per heavy atom. The van der Waals surface area contributed by atoms with Crippen molar-refractivity contribution >= 4 is 11.7 Å². The van der Waals surface area contributed by atoms with Crippen LogP contribution < -0.4 is 10.6 Å². The Labute approximate surface area is 120 Å². The van der Waals surface area contributed by atoms with E-state index in [1.165, 1.54) is 11.8 Å². The van der Waals surface area contributed by atoms with E-state index in [1.807, 2.05) is 0 Å². The summed E-state index contributed by atoms with van der Waals surface area (Å²) < 4.78 is 46.7. The van der Waals surface area contributed by atoms with Crippen molar-refractivity contribution in [3.8, 4) is 0 Å². The fourth-order valence-corrected chi connectivity index (χ4v) is 2.36. The van der Waals surface area contributed by atoms with Crippen LogP contribution in [0.15, 0.2) is 6.07 Å². The molecule has 0 aromatic heterocycles. The Morgan fingerprint density at radius 1 is 1.33 bits per heavy atom. The molecule has 0 aliphatic carbocycles. The maximum Gasteiger partial charge on any atom is 0.341 e. The molecule has 1 aromatic carbocycles. The molecule has 2 N–H and O–H groups in total. The summed E-state index contributed by atoms with van der Waals surface area (Å²) in [5, 5.41) is 0. The summed E-state index contributed by atoms with van der Waals surface area (Å²) in [6.45, 7) is 2.20. The van der Waals surface area contributed by atoms with Gasteiger partial charge in [-0.3, -0.25) is 0 Å². The SMILES string of the molecule is CCOC(=O)c1cc(F)c(N2CCC(N)CC2)c(F)c1F. The molecule has 0 bridgehead atoms. The van der Waals surface area contributed by atoms with Crippen molar-refractivity contribution in [3.63, 3.8) is 0 Å². The number of esters is 1. The van der Waals surface area contributed by atoms with Gasteiger partial charge in [0.15, 0.2) is 17.5 Å². The van der Waals surface area contributed by atoms with Gasteiger partial charge in [-0.15, -0.1) is 0 Å². The molecule has 1 aromatic rings. The van der Waals surface area contributed by atoms with Crippen molar-refractivity contribution < 1.29 is 22.7 Å². The second kappa shape index (κ2) is 6.34. The van der Waals surface area contributed by atoms with E-state index in [2.05, 4.69) is 4.74 Å². The maximum atomic E-state index is 14.1. The molecule has 0 saturated carbocycles. The number of carbonyl (C=O) groups excluding carboxylic acids is 1. The molecule has 4 nitrogen and oxygen atoms in total. The summed E-state index contributed by atoms with van der Waals surface area (Å²) in [4.78, 5) is 12.9. The summed E-state index contributed by atoms with van der Waals surface area (Å²) in [7, 11) is 0. The Hall–Kier alpha value is -1.76. The summed E-state index contributed by atoms with van der Waals surface area (Å²) in [6.07, 6.45) is 1.14. The molecule has 0 unspecified atom stereocenters. The second-order valence-corrected chi connectivity index (χ2v) is 4.93. The van der Waals surface area contributed by atoms with Crippen LogP contribution in [-0.4, -0.2) is 31.7 Å². The van der Waals surface area contributed by atoms with Crippen molar-refractivity contribution in [2.45, 2.75) is 25.8 Å². The van der Waals surface area contributed by atoms with E-state index in [-0.39, 0.29) is 12.6 Å². The van der Waals surface area contributed by atoms with Gasteiger partial charge in [0.05, 0.1) is 6.61 Å². The number of nitrogens with two attached hydrogens (primary N) is 1. The molecule has 1 aliphatic rings. The third kappa shape index (κ3) is 3.12. The highest BCUT2D eigenvalue weighted by atomic mass is 19.2. The molecular weight excluding hydrogens is 285 g/mol. The lowest BCUT2D eigenvalue weighted by molar-refractivity contribution is 0.0519. The van der Waals surface area contributed by atoms with Gasteiger partial charge in [-0.05, 0) is 25.8 Å². The number of anilines is 1. The van der Waals surface area contributed by atoms with E-state index in [0.717, 1.165) is 0 Å². The van der Waals surface area contributed by atoms with Gasteiger partial charge >= 0.3 is 5.97 Å². The van der Waals surface area contributed by atoms with Crippen LogP contribution in [0.2, 0.25) is 0 Å². The number of ether oxygens (including phenoxy) is 1. The van der Waals surface area contributed by atoms with E-state index >= 15 is 0 Å². The molecule has 116 valence electrons. The van der Waals surface area contributed by atoms with Crippen LogP contribution in [-0.2, 0) is 4.74 Å². The number of piperidine rings is 1. The molecule has 0 spiro atoms. The molecule has 7 heteroatoms. The Balaban J connectivity index is 2.36. The summed E-state index contributed by atoms with van der Waals surface area (Å²) >= 11 is 0. The first-order chi connectivity index (χ1) is 9.95. The third-order valence-electron chi connectivity index (χ3n) is 3.49. The predicted octanol–water partition coefficient (Wildman–Crippen LogP) is 2.21. The lowest BCUT2D eigenvalue weighted by Crippen LogP contribution is -2.40. The van der Waals surface area contributed by atoms with Gasteiger partial charge in [0, 0.05) is 19.1 Å². The second-order valence-electron chi connectivity index (χ2n) is 4.93. The van der Waals surface area contributed by atoms with Crippen LogP contribution in [0.3, 0.4) is 0 Å². The van der Waals surface area contributed by atoms with Gasteiger partial charge in [0.2, 0.25) is 0 Å². The highest BCUT2D eigenvalue weighted by Gasteiger charge is 2.28. The molecule has 1 heterocycles. The third-order valence-corrected chi connectivity index (χ3v) is 3.49. The van der Waals surface area contributed by atoms with Crippen molar-refractivity contribution in [2.24, 2.45) is 5.73 Å². The first-order valence-corrected chi connectivity index (χ1v) is 6.80. The molecule has 0 amide bonds. The number of nitrogens with zero attached hydrogens (tertiary/aromatic N) is 1. The number of carbonyl (C=O) groups is 1. The molecular formula is C14H17F3N2O2. The van der Waals surface area contributed by atoms with Crippen molar-refractivity contribution in [1.82, 2.24) is 0 Å². The molecule has 21 heavy (non-hydrogen) atoms. The van der Waals surface area contributed by atoms with E-state index < -0.39 is 34.7 Å². The van der Waals surface area contributed by atoms with E-state index in [0.29, 0.717) is 32.0 Å². The van der Waals surface area contributed by atoms with Crippen LogP contribution in [0.4, 0.5) is 18.9 Å². The minimum atomic E-state index is -1.39. The Kier molecular flexibility index (Phi) is 4.72. The van der Waals surface area contributed by atoms with Crippen molar-refractivity contribution in [2.75, 3.05) is 24.6 Å². The number of rotatable bonds is 3. The Morgan fingerprint density at radius 3 is 2.52 bits per heavy atom. The normalized spacial score (nSPS) is 16.1. The number of halogens is 3. The van der Waals surface area contributed by atoms with Crippen LogP contribution in [0, 0.1) is 17.5 Å². The first kappa shape index (κ1) is 15.6. The summed E-state index contributed by atoms with van der Waals surface area (Å²) in [6, 6.07) is 0.663. The van der Waals surface area contributed by atoms with Crippen molar-refractivity contribution in [3.05, 3.63) is 29.1 Å². The van der Waals surface area contributed by atoms with Crippen LogP contribution in [0.1, 0.15) is 30.1 Å². The standard InChI is InChI=1S/C14H17F3N2O2/c1-2-21-14(20)9-7-10(15)13(12(17)11(9)16)19-5-3-8(18)4-6-19/h7-8H,2-6,18H2,1H3. The monoisotopic (exact) mass is 302 g/mol. The van der Waals surface area contributed by atoms with Gasteiger partial charge in [0.1, 0.15) is 11.3 Å². The van der Waals surface area contributed by atoms with Gasteiger partial charge in [-0.1, -0.05) is 0 Å². The fraction of sp³-hybridized carbons (Fsp3) is 0.500. The molecule has 1 saturated heterocycles. The zero-order valence-corrected chi connectivity index (χ0v) is 11.7. The smallest absolute Gasteiger partial charge is 0.341 e. The first-order valence-electron chi connectivity index (χ1n) is 6.80. The molecule has 1 fully saturated rings. The van der Waals surface area contributed by atoms with Gasteiger partial charge in [-0.25, -0.2) is 18.0 Å². The molecule has 0 atom stereocenters. The van der Waals surface area contributed by atoms with Crippen LogP contribution in [0.25, 0.3) is 0 Å². The van der Waals surface area contributed by atoms with E-state index in [9.17, 15) is 18.0 Å². The predicted molar refractivity (Wildman–Crippen MR) is 71.7 cm³/mol. The van der Waals surface area contributed by atoms with Crippen molar-refractivity contribution in [1.29, 1.82) is 0 Å². The van der Waals surface area contributed by atoms with Gasteiger partial charge in [-0.2, -0.15) is 0 Å². The lowest BCUT2D eigenvalue weighted by atomic mass is 10.0. The molecule has 1 aliphatic heterocycles. The zero-order chi connectivity index (χ0) is 15.6. The minimum absolute atomic E-state index is 0.00667. The summed E-state index contributed by atoms with van der Waals surface area (Å²) in [5.74, 6) is -4.82. The Bertz CT molecular complexity index is 544. The highest BCUT2D eigenvalue weighted by Crippen LogP contribution is 2.30. The highest BCUT2D eigenvalue weighted by molar-refractivity contribution is 5.90. The average molecular weight is 302 g/mol. The maximum absolute atomic E-state index is 14.1. The zero-order valence-electron chi connectivity index (χ0n) is 11.7. The quantitative estimate of drug-likeness (QED) is 0.687. The topological polar surface area (TPSA) is 55.6 Å². The number of benzene rings is 1. The number of hydrogen-bond acceptors (Lipinski definition) is 4. The van der Waals surface area contributed by atoms with E-state index in [1.54, 1.807) is 0 Å². The largest absolute Gasteiger partial charge is 0.462 e. The molecule has 2 rings (SSSR count). The fourth-order valence-electron chi connectivity index (χ4n) is 2.36. The van der Waals surface area contributed by atoms with Crippen LogP contribution >= 0.6 is 0 Å².